The number of hydrogen-bond donors (Lipinski definition) is 1. The summed E-state index contributed by atoms with van der Waals surface area (Å²) >= 11 is 0. The fourth-order valence-electron chi connectivity index (χ4n) is 1.25. The maximum absolute atomic E-state index is 11.5. The van der Waals surface area contributed by atoms with Gasteiger partial charge in [0.15, 0.2) is 0 Å². The Morgan fingerprint density at radius 2 is 2.11 bits per heavy atom. The summed E-state index contributed by atoms with van der Waals surface area (Å²) in [5.74, 6) is 0.436. The number of carbonyl (C=O) groups excluding carboxylic acids is 1. The fraction of sp³-hybridized carbons (Fsp3) is 0.571. The lowest BCUT2D eigenvalue weighted by Crippen LogP contribution is -2.31. The SMILES string of the molecule is CCOC(=O)c1ccc(NC(C)C(C)(C)C)nc1. The van der Waals surface area contributed by atoms with Crippen LogP contribution in [-0.2, 0) is 4.74 Å². The van der Waals surface area contributed by atoms with Gasteiger partial charge in [0.05, 0.1) is 12.2 Å². The maximum Gasteiger partial charge on any atom is 0.339 e. The molecule has 1 aromatic heterocycles. The van der Waals surface area contributed by atoms with E-state index in [2.05, 4.69) is 38.0 Å². The van der Waals surface area contributed by atoms with Crippen molar-refractivity contribution in [2.45, 2.75) is 40.7 Å². The second kappa shape index (κ2) is 5.85. The molecule has 0 aliphatic rings. The number of aromatic nitrogens is 1. The van der Waals surface area contributed by atoms with Gasteiger partial charge in [0.1, 0.15) is 5.82 Å². The first kappa shape index (κ1) is 14.5. The number of ether oxygens (including phenoxy) is 1. The molecule has 0 fully saturated rings. The minimum atomic E-state index is -0.333. The van der Waals surface area contributed by atoms with E-state index >= 15 is 0 Å². The first-order valence-corrected chi connectivity index (χ1v) is 6.24. The smallest absolute Gasteiger partial charge is 0.339 e. The van der Waals surface area contributed by atoms with Crippen LogP contribution in [0.1, 0.15) is 45.0 Å². The lowest BCUT2D eigenvalue weighted by atomic mass is 9.88. The molecule has 0 aliphatic heterocycles. The Bertz CT molecular complexity index is 393. The minimum Gasteiger partial charge on any atom is -0.462 e. The molecular weight excluding hydrogens is 228 g/mol. The van der Waals surface area contributed by atoms with E-state index in [1.54, 1.807) is 19.1 Å². The molecule has 0 aliphatic carbocycles. The molecule has 0 spiro atoms. The van der Waals surface area contributed by atoms with Gasteiger partial charge in [-0.25, -0.2) is 9.78 Å². The minimum absolute atomic E-state index is 0.154. The van der Waals surface area contributed by atoms with Gasteiger partial charge >= 0.3 is 5.97 Å². The average molecular weight is 250 g/mol. The zero-order valence-electron chi connectivity index (χ0n) is 11.8. The van der Waals surface area contributed by atoms with Crippen molar-refractivity contribution in [3.05, 3.63) is 23.9 Å². The number of esters is 1. The molecular formula is C14H22N2O2. The molecule has 0 aromatic carbocycles. The van der Waals surface area contributed by atoms with Crippen LogP contribution in [0.2, 0.25) is 0 Å². The van der Waals surface area contributed by atoms with Gasteiger partial charge < -0.3 is 10.1 Å². The zero-order valence-corrected chi connectivity index (χ0v) is 11.8. The lowest BCUT2D eigenvalue weighted by Gasteiger charge is -2.28. The number of rotatable bonds is 4. The second-order valence-electron chi connectivity index (χ2n) is 5.38. The Labute approximate surface area is 109 Å². The number of nitrogens with zero attached hydrogens (tertiary/aromatic N) is 1. The van der Waals surface area contributed by atoms with Crippen molar-refractivity contribution in [3.8, 4) is 0 Å². The molecule has 1 N–H and O–H groups in total. The molecule has 100 valence electrons. The summed E-state index contributed by atoms with van der Waals surface area (Å²) in [4.78, 5) is 15.7. The third-order valence-electron chi connectivity index (χ3n) is 2.94. The highest BCUT2D eigenvalue weighted by molar-refractivity contribution is 5.89. The summed E-state index contributed by atoms with van der Waals surface area (Å²) in [6.45, 7) is 10.8. The van der Waals surface area contributed by atoms with Gasteiger partial charge in [-0.2, -0.15) is 0 Å². The predicted molar refractivity (Wildman–Crippen MR) is 72.7 cm³/mol. The largest absolute Gasteiger partial charge is 0.462 e. The molecule has 0 saturated heterocycles. The summed E-state index contributed by atoms with van der Waals surface area (Å²) in [5.41, 5.74) is 0.632. The van der Waals surface area contributed by atoms with E-state index in [1.165, 1.54) is 6.20 Å². The van der Waals surface area contributed by atoms with Gasteiger partial charge in [-0.3, -0.25) is 0 Å². The van der Waals surface area contributed by atoms with Crippen LogP contribution in [0.25, 0.3) is 0 Å². The van der Waals surface area contributed by atoms with Crippen molar-refractivity contribution in [1.29, 1.82) is 0 Å². The first-order valence-electron chi connectivity index (χ1n) is 6.24. The van der Waals surface area contributed by atoms with Gasteiger partial charge in [-0.1, -0.05) is 20.8 Å². The number of pyridine rings is 1. The van der Waals surface area contributed by atoms with E-state index in [0.717, 1.165) is 5.82 Å². The Hall–Kier alpha value is -1.58. The number of carbonyl (C=O) groups is 1. The Balaban J connectivity index is 2.69. The van der Waals surface area contributed by atoms with Crippen molar-refractivity contribution >= 4 is 11.8 Å². The number of nitrogens with one attached hydrogen (secondary N) is 1. The molecule has 0 saturated carbocycles. The van der Waals surface area contributed by atoms with Crippen molar-refractivity contribution in [2.24, 2.45) is 5.41 Å². The molecule has 4 heteroatoms. The van der Waals surface area contributed by atoms with E-state index in [9.17, 15) is 4.79 Å². The fourth-order valence-corrected chi connectivity index (χ4v) is 1.25. The van der Waals surface area contributed by atoms with Crippen LogP contribution in [0.4, 0.5) is 5.82 Å². The molecule has 1 heterocycles. The summed E-state index contributed by atoms with van der Waals surface area (Å²) in [6.07, 6.45) is 1.54. The van der Waals surface area contributed by atoms with E-state index < -0.39 is 0 Å². The Morgan fingerprint density at radius 1 is 1.44 bits per heavy atom. The summed E-state index contributed by atoms with van der Waals surface area (Å²) in [5, 5.41) is 3.32. The topological polar surface area (TPSA) is 51.2 Å². The van der Waals surface area contributed by atoms with Crippen LogP contribution in [0.5, 0.6) is 0 Å². The monoisotopic (exact) mass is 250 g/mol. The standard InChI is InChI=1S/C14H22N2O2/c1-6-18-13(17)11-7-8-12(15-9-11)16-10(2)14(3,4)5/h7-10H,6H2,1-5H3,(H,15,16). The number of anilines is 1. The third-order valence-corrected chi connectivity index (χ3v) is 2.94. The molecule has 1 unspecified atom stereocenters. The molecule has 4 nitrogen and oxygen atoms in total. The molecule has 18 heavy (non-hydrogen) atoms. The molecule has 1 atom stereocenters. The van der Waals surface area contributed by atoms with Gasteiger partial charge in [-0.15, -0.1) is 0 Å². The third kappa shape index (κ3) is 4.02. The van der Waals surface area contributed by atoms with E-state index in [0.29, 0.717) is 18.2 Å². The highest BCUT2D eigenvalue weighted by atomic mass is 16.5. The molecule has 0 radical (unpaired) electrons. The molecule has 0 bridgehead atoms. The zero-order chi connectivity index (χ0) is 13.8. The van der Waals surface area contributed by atoms with Crippen LogP contribution in [0.15, 0.2) is 18.3 Å². The number of hydrogen-bond acceptors (Lipinski definition) is 4. The normalized spacial score (nSPS) is 12.9. The van der Waals surface area contributed by atoms with Gasteiger partial charge in [0, 0.05) is 12.2 Å². The van der Waals surface area contributed by atoms with Crippen molar-refractivity contribution in [3.63, 3.8) is 0 Å². The lowest BCUT2D eigenvalue weighted by molar-refractivity contribution is 0.0526. The van der Waals surface area contributed by atoms with Crippen LogP contribution >= 0.6 is 0 Å². The molecule has 1 rings (SSSR count). The highest BCUT2D eigenvalue weighted by Gasteiger charge is 2.20. The van der Waals surface area contributed by atoms with Crippen LogP contribution in [0, 0.1) is 5.41 Å². The van der Waals surface area contributed by atoms with Crippen LogP contribution in [-0.4, -0.2) is 23.6 Å². The summed E-state index contributed by atoms with van der Waals surface area (Å²) < 4.78 is 4.90. The van der Waals surface area contributed by atoms with Gasteiger partial charge in [0.2, 0.25) is 0 Å². The van der Waals surface area contributed by atoms with E-state index in [4.69, 9.17) is 4.74 Å². The van der Waals surface area contributed by atoms with Crippen molar-refractivity contribution in [2.75, 3.05) is 11.9 Å². The Kier molecular flexibility index (Phi) is 4.70. The Morgan fingerprint density at radius 3 is 2.56 bits per heavy atom. The first-order chi connectivity index (χ1) is 8.34. The van der Waals surface area contributed by atoms with Crippen molar-refractivity contribution < 1.29 is 9.53 Å². The predicted octanol–water partition coefficient (Wildman–Crippen LogP) is 3.10. The maximum atomic E-state index is 11.5. The quantitative estimate of drug-likeness (QED) is 0.834. The van der Waals surface area contributed by atoms with Gasteiger partial charge in [0.25, 0.3) is 0 Å². The summed E-state index contributed by atoms with van der Waals surface area (Å²) in [7, 11) is 0. The van der Waals surface area contributed by atoms with E-state index in [-0.39, 0.29) is 11.4 Å². The van der Waals surface area contributed by atoms with Crippen LogP contribution < -0.4 is 5.32 Å². The van der Waals surface area contributed by atoms with Gasteiger partial charge in [-0.05, 0) is 31.4 Å². The molecule has 1 aromatic rings. The highest BCUT2D eigenvalue weighted by Crippen LogP contribution is 2.21. The second-order valence-corrected chi connectivity index (χ2v) is 5.38. The van der Waals surface area contributed by atoms with Crippen molar-refractivity contribution in [1.82, 2.24) is 4.98 Å². The summed E-state index contributed by atoms with van der Waals surface area (Å²) in [6, 6.07) is 3.82. The van der Waals surface area contributed by atoms with Crippen LogP contribution in [0.3, 0.4) is 0 Å². The average Bonchev–Trinajstić information content (AvgIpc) is 2.29. The molecule has 0 amide bonds. The van der Waals surface area contributed by atoms with E-state index in [1.807, 2.05) is 0 Å².